The fourth-order valence-corrected chi connectivity index (χ4v) is 4.03. The molecule has 2 aromatic carbocycles. The number of aliphatic hydroxyl groups excluding tert-OH is 1. The SMILES string of the molecule is COc1ccc2n[nH]c(CN3CCC([C@@H](O)Cc4ccccc4)CC3)c2c1. The lowest BCUT2D eigenvalue weighted by Crippen LogP contribution is -2.38. The smallest absolute Gasteiger partial charge is 0.119 e. The highest BCUT2D eigenvalue weighted by Crippen LogP contribution is 2.26. The van der Waals surface area contributed by atoms with E-state index in [4.69, 9.17) is 4.74 Å². The molecule has 0 bridgehead atoms. The molecule has 1 aliphatic heterocycles. The number of H-pyrrole nitrogens is 1. The first-order valence-corrected chi connectivity index (χ1v) is 9.68. The van der Waals surface area contributed by atoms with Crippen molar-refractivity contribution in [1.29, 1.82) is 0 Å². The van der Waals surface area contributed by atoms with Gasteiger partial charge < -0.3 is 9.84 Å². The molecule has 5 heteroatoms. The van der Waals surface area contributed by atoms with Crippen molar-refractivity contribution in [1.82, 2.24) is 15.1 Å². The van der Waals surface area contributed by atoms with Crippen molar-refractivity contribution in [3.8, 4) is 5.75 Å². The minimum atomic E-state index is -0.258. The first-order valence-electron chi connectivity index (χ1n) is 9.68. The number of methoxy groups -OCH3 is 1. The van der Waals surface area contributed by atoms with E-state index in [2.05, 4.69) is 27.2 Å². The lowest BCUT2D eigenvalue weighted by Gasteiger charge is -2.34. The van der Waals surface area contributed by atoms with E-state index >= 15 is 0 Å². The maximum atomic E-state index is 10.6. The Morgan fingerprint density at radius 3 is 2.70 bits per heavy atom. The molecule has 1 atom stereocenters. The van der Waals surface area contributed by atoms with Gasteiger partial charge >= 0.3 is 0 Å². The summed E-state index contributed by atoms with van der Waals surface area (Å²) in [6.45, 7) is 2.85. The molecular weight excluding hydrogens is 338 g/mol. The molecule has 142 valence electrons. The fraction of sp³-hybridized carbons (Fsp3) is 0.409. The van der Waals surface area contributed by atoms with Gasteiger partial charge in [0.15, 0.2) is 0 Å². The van der Waals surface area contributed by atoms with Crippen LogP contribution < -0.4 is 4.74 Å². The molecule has 1 aromatic heterocycles. The van der Waals surface area contributed by atoms with Gasteiger partial charge in [-0.05, 0) is 62.0 Å². The summed E-state index contributed by atoms with van der Waals surface area (Å²) in [5.74, 6) is 1.23. The highest BCUT2D eigenvalue weighted by Gasteiger charge is 2.26. The summed E-state index contributed by atoms with van der Waals surface area (Å²) in [5.41, 5.74) is 3.32. The second kappa shape index (κ2) is 8.11. The van der Waals surface area contributed by atoms with Crippen molar-refractivity contribution < 1.29 is 9.84 Å². The third kappa shape index (κ3) is 4.15. The molecule has 0 radical (unpaired) electrons. The Hall–Kier alpha value is -2.37. The van der Waals surface area contributed by atoms with Gasteiger partial charge in [-0.15, -0.1) is 0 Å². The molecule has 1 fully saturated rings. The first-order chi connectivity index (χ1) is 13.2. The number of fused-ring (bicyclic) bond motifs is 1. The third-order valence-corrected chi connectivity index (χ3v) is 5.69. The van der Waals surface area contributed by atoms with Crippen LogP contribution in [-0.4, -0.2) is 46.5 Å². The second-order valence-corrected chi connectivity index (χ2v) is 7.46. The quantitative estimate of drug-likeness (QED) is 0.703. The number of nitrogens with one attached hydrogen (secondary N) is 1. The molecule has 0 unspecified atom stereocenters. The number of hydrogen-bond acceptors (Lipinski definition) is 4. The van der Waals surface area contributed by atoms with Crippen LogP contribution in [0.25, 0.3) is 10.9 Å². The van der Waals surface area contributed by atoms with E-state index in [9.17, 15) is 5.11 Å². The highest BCUT2D eigenvalue weighted by molar-refractivity contribution is 5.82. The standard InChI is InChI=1S/C22H27N3O2/c1-27-18-7-8-20-19(14-18)21(24-23-20)15-25-11-9-17(10-12-25)22(26)13-16-5-3-2-4-6-16/h2-8,14,17,22,26H,9-13,15H2,1H3,(H,23,24)/t22-/m0/s1. The van der Waals surface area contributed by atoms with E-state index in [0.29, 0.717) is 5.92 Å². The van der Waals surface area contributed by atoms with Crippen molar-refractivity contribution >= 4 is 10.9 Å². The highest BCUT2D eigenvalue weighted by atomic mass is 16.5. The molecule has 3 aromatic rings. The summed E-state index contributed by atoms with van der Waals surface area (Å²) in [7, 11) is 1.69. The van der Waals surface area contributed by atoms with Gasteiger partial charge in [-0.3, -0.25) is 10.00 Å². The summed E-state index contributed by atoms with van der Waals surface area (Å²) in [4.78, 5) is 2.44. The van der Waals surface area contributed by atoms with Crippen molar-refractivity contribution in [3.05, 3.63) is 59.8 Å². The summed E-state index contributed by atoms with van der Waals surface area (Å²) < 4.78 is 5.34. The maximum Gasteiger partial charge on any atom is 0.119 e. The van der Waals surface area contributed by atoms with Crippen LogP contribution in [-0.2, 0) is 13.0 Å². The molecule has 2 N–H and O–H groups in total. The summed E-state index contributed by atoms with van der Waals surface area (Å²) in [6.07, 6.45) is 2.55. The Morgan fingerprint density at radius 2 is 1.96 bits per heavy atom. The number of aliphatic hydroxyl groups is 1. The molecule has 27 heavy (non-hydrogen) atoms. The van der Waals surface area contributed by atoms with Gasteiger partial charge in [0, 0.05) is 11.9 Å². The zero-order valence-electron chi connectivity index (χ0n) is 15.8. The number of nitrogens with zero attached hydrogens (tertiary/aromatic N) is 2. The number of likely N-dealkylation sites (tertiary alicyclic amines) is 1. The zero-order valence-corrected chi connectivity index (χ0v) is 15.8. The van der Waals surface area contributed by atoms with Gasteiger partial charge in [0.2, 0.25) is 0 Å². The molecule has 0 saturated carbocycles. The van der Waals surface area contributed by atoms with E-state index in [1.54, 1.807) is 7.11 Å². The Balaban J connectivity index is 1.34. The second-order valence-electron chi connectivity index (χ2n) is 7.46. The first kappa shape index (κ1) is 18.0. The van der Waals surface area contributed by atoms with Crippen LogP contribution in [0, 0.1) is 5.92 Å². The van der Waals surface area contributed by atoms with Crippen LogP contribution in [0.15, 0.2) is 48.5 Å². The molecule has 2 heterocycles. The topological polar surface area (TPSA) is 61.4 Å². The number of benzene rings is 2. The van der Waals surface area contributed by atoms with Crippen molar-refractivity contribution in [2.75, 3.05) is 20.2 Å². The normalized spacial score (nSPS) is 17.3. The van der Waals surface area contributed by atoms with Crippen molar-refractivity contribution in [3.63, 3.8) is 0 Å². The van der Waals surface area contributed by atoms with Gasteiger partial charge in [-0.2, -0.15) is 5.10 Å². The molecule has 1 aliphatic rings. The third-order valence-electron chi connectivity index (χ3n) is 5.69. The number of ether oxygens (including phenoxy) is 1. The Morgan fingerprint density at radius 1 is 1.19 bits per heavy atom. The molecule has 0 aliphatic carbocycles. The molecule has 0 spiro atoms. The van der Waals surface area contributed by atoms with Crippen LogP contribution in [0.4, 0.5) is 0 Å². The summed E-state index contributed by atoms with van der Waals surface area (Å²) in [6, 6.07) is 16.2. The number of hydrogen-bond donors (Lipinski definition) is 2. The molecule has 5 nitrogen and oxygen atoms in total. The zero-order chi connectivity index (χ0) is 18.6. The van der Waals surface area contributed by atoms with Gasteiger partial charge in [-0.25, -0.2) is 0 Å². The number of aromatic amines is 1. The molecule has 0 amide bonds. The van der Waals surface area contributed by atoms with E-state index in [0.717, 1.165) is 61.2 Å². The average Bonchev–Trinajstić information content (AvgIpc) is 3.11. The minimum absolute atomic E-state index is 0.258. The van der Waals surface area contributed by atoms with Crippen LogP contribution in [0.1, 0.15) is 24.1 Å². The van der Waals surface area contributed by atoms with Gasteiger partial charge in [0.25, 0.3) is 0 Å². The van der Waals surface area contributed by atoms with Crippen molar-refractivity contribution in [2.24, 2.45) is 5.92 Å². The van der Waals surface area contributed by atoms with Crippen LogP contribution in [0.3, 0.4) is 0 Å². The average molecular weight is 365 g/mol. The Kier molecular flexibility index (Phi) is 5.41. The predicted molar refractivity (Wildman–Crippen MR) is 107 cm³/mol. The Bertz CT molecular complexity index is 870. The monoisotopic (exact) mass is 365 g/mol. The number of rotatable bonds is 6. The van der Waals surface area contributed by atoms with E-state index in [1.807, 2.05) is 36.4 Å². The van der Waals surface area contributed by atoms with E-state index < -0.39 is 0 Å². The minimum Gasteiger partial charge on any atom is -0.497 e. The predicted octanol–water partition coefficient (Wildman–Crippen LogP) is 3.39. The van der Waals surface area contributed by atoms with Gasteiger partial charge in [0.05, 0.1) is 24.4 Å². The van der Waals surface area contributed by atoms with Crippen molar-refractivity contribution in [2.45, 2.75) is 31.9 Å². The van der Waals surface area contributed by atoms with Crippen LogP contribution in [0.5, 0.6) is 5.75 Å². The summed E-state index contributed by atoms with van der Waals surface area (Å²) in [5, 5.41) is 19.3. The number of piperidine rings is 1. The van der Waals surface area contributed by atoms with Gasteiger partial charge in [0.1, 0.15) is 5.75 Å². The van der Waals surface area contributed by atoms with Crippen LogP contribution in [0.2, 0.25) is 0 Å². The Labute approximate surface area is 160 Å². The summed E-state index contributed by atoms with van der Waals surface area (Å²) >= 11 is 0. The molecule has 1 saturated heterocycles. The van der Waals surface area contributed by atoms with E-state index in [1.165, 1.54) is 5.56 Å². The molecular formula is C22H27N3O2. The lowest BCUT2D eigenvalue weighted by atomic mass is 9.88. The number of aromatic nitrogens is 2. The lowest BCUT2D eigenvalue weighted by molar-refractivity contribution is 0.0574. The fourth-order valence-electron chi connectivity index (χ4n) is 4.03. The van der Waals surface area contributed by atoms with E-state index in [-0.39, 0.29) is 6.10 Å². The van der Waals surface area contributed by atoms with Gasteiger partial charge in [-0.1, -0.05) is 30.3 Å². The largest absolute Gasteiger partial charge is 0.497 e. The maximum absolute atomic E-state index is 10.6. The molecule has 4 rings (SSSR count). The van der Waals surface area contributed by atoms with Crippen LogP contribution >= 0.6 is 0 Å².